The van der Waals surface area contributed by atoms with Gasteiger partial charge in [-0.1, -0.05) is 41.4 Å². The highest BCUT2D eigenvalue weighted by molar-refractivity contribution is 7.89. The van der Waals surface area contributed by atoms with Crippen LogP contribution in [-0.4, -0.2) is 25.2 Å². The van der Waals surface area contributed by atoms with Crippen molar-refractivity contribution in [3.05, 3.63) is 92.5 Å². The molecule has 37 heavy (non-hydrogen) atoms. The molecular weight excluding hydrogens is 562 g/mol. The quantitative estimate of drug-likeness (QED) is 0.365. The number of nitrogens with zero attached hydrogens (tertiary/aromatic N) is 1. The molecule has 0 bridgehead atoms. The Labute approximate surface area is 218 Å². The fourth-order valence-electron chi connectivity index (χ4n) is 4.06. The number of fused-ring (bicyclic) bond motifs is 1. The molecule has 1 amide bonds. The molecule has 0 spiro atoms. The highest BCUT2D eigenvalue weighted by Gasteiger charge is 2.35. The molecule has 1 aliphatic rings. The van der Waals surface area contributed by atoms with Crippen molar-refractivity contribution >= 4 is 44.8 Å². The summed E-state index contributed by atoms with van der Waals surface area (Å²) >= 11 is 12.0. The van der Waals surface area contributed by atoms with Crippen molar-refractivity contribution in [2.45, 2.75) is 30.5 Å². The smallest absolute Gasteiger partial charge is 0.324 e. The van der Waals surface area contributed by atoms with Gasteiger partial charge in [-0.25, -0.2) is 17.2 Å². The van der Waals surface area contributed by atoms with Gasteiger partial charge in [0, 0.05) is 18.1 Å². The Morgan fingerprint density at radius 3 is 2.46 bits per heavy atom. The summed E-state index contributed by atoms with van der Waals surface area (Å²) in [5, 5.41) is 2.66. The van der Waals surface area contributed by atoms with E-state index < -0.39 is 56.2 Å². The minimum atomic E-state index is -4.92. The van der Waals surface area contributed by atoms with Gasteiger partial charge in [0.1, 0.15) is 16.5 Å². The van der Waals surface area contributed by atoms with E-state index in [1.165, 1.54) is 12.1 Å². The number of carbonyl (C=O) groups excluding carboxylic acids is 1. The number of benzene rings is 3. The molecule has 0 radical (unpaired) electrons. The third kappa shape index (κ3) is 5.59. The summed E-state index contributed by atoms with van der Waals surface area (Å²) in [6.07, 6.45) is -5.51. The third-order valence-corrected chi connectivity index (χ3v) is 8.26. The second-order valence-corrected chi connectivity index (χ2v) is 11.0. The van der Waals surface area contributed by atoms with Crippen LogP contribution >= 0.6 is 23.2 Å². The third-order valence-electron chi connectivity index (χ3n) is 5.83. The highest BCUT2D eigenvalue weighted by Crippen LogP contribution is 2.36. The number of hydrogen-bond donors (Lipinski definition) is 1. The van der Waals surface area contributed by atoms with Crippen LogP contribution in [-0.2, 0) is 40.4 Å². The van der Waals surface area contributed by atoms with Crippen LogP contribution in [0.2, 0.25) is 10.0 Å². The summed E-state index contributed by atoms with van der Waals surface area (Å²) in [5.41, 5.74) is -0.796. The molecule has 0 saturated carbocycles. The molecular formula is C24H17Cl2F5N2O3S. The van der Waals surface area contributed by atoms with E-state index >= 15 is 0 Å². The van der Waals surface area contributed by atoms with Crippen LogP contribution in [0.5, 0.6) is 0 Å². The van der Waals surface area contributed by atoms with Crippen molar-refractivity contribution in [2.75, 3.05) is 11.9 Å². The van der Waals surface area contributed by atoms with Crippen LogP contribution in [0, 0.1) is 11.6 Å². The van der Waals surface area contributed by atoms with E-state index in [2.05, 4.69) is 5.32 Å². The molecule has 1 aliphatic heterocycles. The zero-order valence-electron chi connectivity index (χ0n) is 18.7. The largest absolute Gasteiger partial charge is 0.419 e. The molecule has 196 valence electrons. The lowest BCUT2D eigenvalue weighted by atomic mass is 9.98. The van der Waals surface area contributed by atoms with Crippen molar-refractivity contribution in [3.63, 3.8) is 0 Å². The zero-order chi connectivity index (χ0) is 27.1. The predicted octanol–water partition coefficient (Wildman–Crippen LogP) is 6.22. The summed E-state index contributed by atoms with van der Waals surface area (Å²) in [5.74, 6) is -3.35. The van der Waals surface area contributed by atoms with E-state index in [0.29, 0.717) is 17.2 Å². The van der Waals surface area contributed by atoms with Crippen LogP contribution < -0.4 is 5.32 Å². The molecule has 3 aromatic carbocycles. The Morgan fingerprint density at radius 1 is 1.05 bits per heavy atom. The average molecular weight is 579 g/mol. The van der Waals surface area contributed by atoms with Gasteiger partial charge in [-0.15, -0.1) is 0 Å². The van der Waals surface area contributed by atoms with Gasteiger partial charge in [0.05, 0.1) is 22.7 Å². The number of alkyl halides is 3. The van der Waals surface area contributed by atoms with Gasteiger partial charge in [0.25, 0.3) is 0 Å². The molecule has 13 heteroatoms. The van der Waals surface area contributed by atoms with Crippen LogP contribution in [0.4, 0.5) is 27.6 Å². The lowest BCUT2D eigenvalue weighted by Crippen LogP contribution is -2.36. The molecule has 0 atom stereocenters. The highest BCUT2D eigenvalue weighted by atomic mass is 35.5. The van der Waals surface area contributed by atoms with E-state index in [4.69, 9.17) is 23.2 Å². The Bertz CT molecular complexity index is 1500. The molecule has 4 rings (SSSR count). The van der Waals surface area contributed by atoms with Gasteiger partial charge in [-0.2, -0.15) is 17.5 Å². The van der Waals surface area contributed by atoms with E-state index in [-0.39, 0.29) is 35.2 Å². The van der Waals surface area contributed by atoms with E-state index in [1.807, 2.05) is 0 Å². The van der Waals surface area contributed by atoms with E-state index in [0.717, 1.165) is 28.6 Å². The van der Waals surface area contributed by atoms with Crippen LogP contribution in [0.3, 0.4) is 0 Å². The molecule has 3 aromatic rings. The topological polar surface area (TPSA) is 66.5 Å². The number of nitrogens with one attached hydrogen (secondary N) is 1. The Morgan fingerprint density at radius 2 is 1.78 bits per heavy atom. The number of amides is 1. The minimum absolute atomic E-state index is 0.0421. The zero-order valence-corrected chi connectivity index (χ0v) is 21.0. The van der Waals surface area contributed by atoms with Gasteiger partial charge in [-0.3, -0.25) is 4.79 Å². The van der Waals surface area contributed by atoms with Crippen molar-refractivity contribution in [3.8, 4) is 0 Å². The molecule has 1 N–H and O–H groups in total. The van der Waals surface area contributed by atoms with Crippen molar-refractivity contribution in [2.24, 2.45) is 0 Å². The number of carbonyl (C=O) groups is 1. The van der Waals surface area contributed by atoms with Crippen LogP contribution in [0.25, 0.3) is 0 Å². The summed E-state index contributed by atoms with van der Waals surface area (Å²) in [6.45, 7) is -0.217. The van der Waals surface area contributed by atoms with Gasteiger partial charge >= 0.3 is 6.18 Å². The van der Waals surface area contributed by atoms with Gasteiger partial charge in [-0.05, 0) is 53.4 Å². The molecule has 0 saturated heterocycles. The number of halogens is 7. The Kier molecular flexibility index (Phi) is 7.53. The fraction of sp³-hybridized carbons (Fsp3) is 0.208. The van der Waals surface area contributed by atoms with Gasteiger partial charge < -0.3 is 5.32 Å². The second-order valence-electron chi connectivity index (χ2n) is 8.22. The fourth-order valence-corrected chi connectivity index (χ4v) is 5.90. The normalized spacial score (nSPS) is 14.4. The maximum atomic E-state index is 14.3. The first-order chi connectivity index (χ1) is 17.3. The Hall–Kier alpha value is -2.73. The van der Waals surface area contributed by atoms with Gasteiger partial charge in [0.2, 0.25) is 15.9 Å². The maximum absolute atomic E-state index is 14.3. The first kappa shape index (κ1) is 27.3. The lowest BCUT2D eigenvalue weighted by Gasteiger charge is -2.30. The van der Waals surface area contributed by atoms with Crippen molar-refractivity contribution in [1.82, 2.24) is 4.31 Å². The van der Waals surface area contributed by atoms with E-state index in [1.54, 1.807) is 6.07 Å². The standard InChI is InChI=1S/C24H17Cl2F5N2O3S/c25-15-5-7-20(19(27)11-15)37(35,36)33-9-8-16-14(12-33)4-6-18(26)23(16)32-21(34)10-13-2-1-3-17(22(13)28)24(29,30)31/h1-7,11H,8-10,12H2,(H,32,34). The van der Waals surface area contributed by atoms with Crippen LogP contribution in [0.1, 0.15) is 22.3 Å². The molecule has 0 aromatic heterocycles. The first-order valence-electron chi connectivity index (χ1n) is 10.7. The number of rotatable bonds is 5. The summed E-state index contributed by atoms with van der Waals surface area (Å²) in [7, 11) is -4.21. The van der Waals surface area contributed by atoms with Crippen molar-refractivity contribution in [1.29, 1.82) is 0 Å². The molecule has 0 fully saturated rings. The monoisotopic (exact) mass is 578 g/mol. The Balaban J connectivity index is 1.57. The summed E-state index contributed by atoms with van der Waals surface area (Å²) in [6, 6.07) is 8.86. The van der Waals surface area contributed by atoms with Crippen molar-refractivity contribution < 1.29 is 35.2 Å². The lowest BCUT2D eigenvalue weighted by molar-refractivity contribution is -0.140. The number of sulfonamides is 1. The predicted molar refractivity (Wildman–Crippen MR) is 128 cm³/mol. The average Bonchev–Trinajstić information content (AvgIpc) is 2.81. The molecule has 0 aliphatic carbocycles. The van der Waals surface area contributed by atoms with Gasteiger partial charge in [0.15, 0.2) is 0 Å². The maximum Gasteiger partial charge on any atom is 0.419 e. The number of hydrogen-bond acceptors (Lipinski definition) is 3. The molecule has 5 nitrogen and oxygen atoms in total. The second kappa shape index (κ2) is 10.2. The summed E-state index contributed by atoms with van der Waals surface area (Å²) in [4.78, 5) is 12.1. The minimum Gasteiger partial charge on any atom is -0.324 e. The van der Waals surface area contributed by atoms with Crippen LogP contribution in [0.15, 0.2) is 53.4 Å². The summed E-state index contributed by atoms with van der Waals surface area (Å²) < 4.78 is 94.7. The van der Waals surface area contributed by atoms with E-state index in [9.17, 15) is 35.2 Å². The SMILES string of the molecule is O=C(Cc1cccc(C(F)(F)F)c1F)Nc1c(Cl)ccc2c1CCN(S(=O)(=O)c1ccc(Cl)cc1F)C2. The number of anilines is 1. The first-order valence-corrected chi connectivity index (χ1v) is 12.9. The molecule has 0 unspecified atom stereocenters. The molecule has 1 heterocycles.